The van der Waals surface area contributed by atoms with E-state index < -0.39 is 0 Å². The lowest BCUT2D eigenvalue weighted by Crippen LogP contribution is -2.14. The number of hydrogen-bond acceptors (Lipinski definition) is 4. The Bertz CT molecular complexity index is 8930. The third-order valence-corrected chi connectivity index (χ3v) is 28.4. The zero-order chi connectivity index (χ0) is 84.8. The largest absolute Gasteiger partial charge is 0.454 e. The molecule has 0 aliphatic heterocycles. The molecule has 0 fully saturated rings. The van der Waals surface area contributed by atoms with E-state index in [1.54, 1.807) is 0 Å². The van der Waals surface area contributed by atoms with E-state index in [0.717, 1.165) is 148 Å². The molecule has 26 aromatic rings. The fraction of sp³-hybridized carbons (Fsp3) is 0.0500. The van der Waals surface area contributed by atoms with Gasteiger partial charge in [-0.05, 0) is 301 Å². The second-order valence-electron chi connectivity index (χ2n) is 36.0. The van der Waals surface area contributed by atoms with Gasteiger partial charge in [-0.1, -0.05) is 234 Å². The zero-order valence-electron chi connectivity index (χ0n) is 70.3. The summed E-state index contributed by atoms with van der Waals surface area (Å²) in [6.07, 6.45) is 0. The summed E-state index contributed by atoms with van der Waals surface area (Å²) in [5, 5.41) is 22.7. The minimum atomic E-state index is -0.0496. The van der Waals surface area contributed by atoms with Crippen LogP contribution in [0.4, 0.5) is 45.5 Å². The number of hydrogen-bond donors (Lipinski definition) is 0. The molecule has 596 valence electrons. The van der Waals surface area contributed by atoms with Crippen molar-refractivity contribution in [2.24, 2.45) is 0 Å². The summed E-state index contributed by atoms with van der Waals surface area (Å²) in [5.41, 5.74) is 33.4. The number of aromatic nitrogens is 2. The Morgan fingerprint density at radius 1 is 0.242 bits per heavy atom. The van der Waals surface area contributed by atoms with Crippen molar-refractivity contribution in [1.29, 1.82) is 0 Å². The van der Waals surface area contributed by atoms with Crippen LogP contribution in [0.5, 0.6) is 0 Å². The molecule has 0 saturated carbocycles. The highest BCUT2D eigenvalue weighted by Gasteiger charge is 2.38. The highest BCUT2D eigenvalue weighted by atomic mass is 16.3. The fourth-order valence-electron chi connectivity index (χ4n) is 22.4. The van der Waals surface area contributed by atoms with E-state index in [1.165, 1.54) is 116 Å². The second kappa shape index (κ2) is 26.4. The first-order valence-corrected chi connectivity index (χ1v) is 43.9. The fourth-order valence-corrected chi connectivity index (χ4v) is 22.4. The summed E-state index contributed by atoms with van der Waals surface area (Å²) in [7, 11) is 0. The van der Waals surface area contributed by atoms with Gasteiger partial charge in [0, 0.05) is 76.7 Å². The van der Waals surface area contributed by atoms with Crippen LogP contribution in [0, 0.1) is 13.1 Å². The summed E-state index contributed by atoms with van der Waals surface area (Å²) < 4.78 is 18.1. The van der Waals surface area contributed by atoms with Gasteiger partial charge in [-0.2, -0.15) is 0 Å². The lowest BCUT2D eigenvalue weighted by molar-refractivity contribution is 0.660. The molecule has 20 aromatic carbocycles. The average Bonchev–Trinajstić information content (AvgIpc) is 1.53. The van der Waals surface area contributed by atoms with Gasteiger partial charge in [0.15, 0.2) is 22.5 Å². The number of fused-ring (bicyclic) bond motifs is 28. The van der Waals surface area contributed by atoms with Crippen molar-refractivity contribution in [1.82, 2.24) is 8.80 Å². The summed E-state index contributed by atoms with van der Waals surface area (Å²) in [4.78, 5) is 12.6. The Morgan fingerprint density at radius 3 is 0.969 bits per heavy atom. The minimum Gasteiger partial charge on any atom is -0.454 e. The molecular formula is C120H74N6O2. The van der Waals surface area contributed by atoms with Crippen LogP contribution in [-0.4, -0.2) is 8.80 Å². The monoisotopic (exact) mass is 1630 g/mol. The topological polar surface area (TPSA) is 50.3 Å². The van der Waals surface area contributed by atoms with Crippen molar-refractivity contribution in [2.45, 2.75) is 38.5 Å². The maximum Gasteiger partial charge on any atom is 0.188 e. The first kappa shape index (κ1) is 71.8. The normalized spacial score (nSPS) is 13.3. The molecule has 0 N–H and O–H groups in total. The molecule has 0 radical (unpaired) electrons. The number of nitrogens with zero attached hydrogens (tertiary/aromatic N) is 6. The van der Waals surface area contributed by atoms with E-state index in [1.807, 2.05) is 24.3 Å². The van der Waals surface area contributed by atoms with Crippen molar-refractivity contribution in [3.63, 3.8) is 0 Å². The SMILES string of the molecule is [C-]#[N+]c1cc2c3cc4ccc(-c5ccc6c(c5)C(C)(C)c5ccccc5-6)cc4cc3n3c4cc5cc(-c6ccc7c(c6)C(C)(C)c6ccccc6-7)ccc5cc4c(c1)c23.[C-]#[N+]c1cc2c3cc4ccc(N(c5ccccc5)c5cccc6c5oc5ccccc56)cc4cc3n3c4cc5cc(N(c6ccccc6)c6cccc7c6oc6ccccc67)ccc5cc4c(c1)c23. The Morgan fingerprint density at radius 2 is 0.570 bits per heavy atom. The van der Waals surface area contributed by atoms with Crippen LogP contribution in [0.25, 0.3) is 217 Å². The van der Waals surface area contributed by atoms with Crippen LogP contribution >= 0.6 is 0 Å². The molecular weight excluding hydrogens is 1560 g/mol. The highest BCUT2D eigenvalue weighted by Crippen LogP contribution is 2.55. The lowest BCUT2D eigenvalue weighted by atomic mass is 9.81. The first-order chi connectivity index (χ1) is 62.8. The summed E-state index contributed by atoms with van der Waals surface area (Å²) in [5.74, 6) is 0. The van der Waals surface area contributed by atoms with Crippen LogP contribution in [0.1, 0.15) is 49.9 Å². The molecule has 0 spiro atoms. The zero-order valence-corrected chi connectivity index (χ0v) is 70.3. The standard InChI is InChI=1S/C63H36N4O2.C57H38N2/c1-64-42-36-53-51-32-38-26-28-45(65(43-14-4-2-5-15-43)55-22-12-20-49-47-18-8-10-24-59(47)68-62(49)55)30-40(38)34-57(51)67-58-35-41-31-46(29-27-39(41)33-52(58)54(37-42)61(53)67)66(44-16-6-3-7-17-44)56-23-13-21-50-48-19-9-11-25-60(48)69-63(50)56;1-56(2)49-12-8-6-10-41(49)43-20-18-36(26-51(43)56)32-14-16-34-24-45-47-30-40(58-5)31-48-46-25-35-17-15-33(23-39(35)29-54(46)59(55(47)48)53(45)28-38(34)22-32)37-19-21-44-42-11-7-9-13-50(42)57(3,4)52(44)27-37/h2-37H;6-31H,1-4H3. The number of anilines is 6. The molecule has 6 heterocycles. The van der Waals surface area contributed by atoms with Gasteiger partial charge in [-0.25, -0.2) is 9.69 Å². The smallest absolute Gasteiger partial charge is 0.188 e. The summed E-state index contributed by atoms with van der Waals surface area (Å²) >= 11 is 0. The molecule has 2 aliphatic carbocycles. The third-order valence-electron chi connectivity index (χ3n) is 28.4. The molecule has 0 bridgehead atoms. The van der Waals surface area contributed by atoms with E-state index in [4.69, 9.17) is 22.0 Å². The summed E-state index contributed by atoms with van der Waals surface area (Å²) in [6.45, 7) is 25.6. The number of benzene rings is 20. The van der Waals surface area contributed by atoms with Crippen molar-refractivity contribution < 1.29 is 8.83 Å². The molecule has 28 rings (SSSR count). The second-order valence-corrected chi connectivity index (χ2v) is 36.0. The minimum absolute atomic E-state index is 0.0496. The number of rotatable bonds is 8. The van der Waals surface area contributed by atoms with E-state index >= 15 is 0 Å². The maximum atomic E-state index is 8.19. The Kier molecular flexibility index (Phi) is 14.8. The molecule has 0 atom stereocenters. The van der Waals surface area contributed by atoms with Gasteiger partial charge < -0.3 is 27.4 Å². The van der Waals surface area contributed by atoms with Crippen molar-refractivity contribution in [2.75, 3.05) is 9.80 Å². The van der Waals surface area contributed by atoms with Crippen LogP contribution in [-0.2, 0) is 10.8 Å². The van der Waals surface area contributed by atoms with Crippen molar-refractivity contribution in [3.8, 4) is 44.5 Å². The van der Waals surface area contributed by atoms with Crippen LogP contribution < -0.4 is 9.80 Å². The molecule has 0 saturated heterocycles. The summed E-state index contributed by atoms with van der Waals surface area (Å²) in [6, 6.07) is 136. The van der Waals surface area contributed by atoms with E-state index in [0.29, 0.717) is 11.4 Å². The first-order valence-electron chi connectivity index (χ1n) is 43.9. The quantitative estimate of drug-likeness (QED) is 0.142. The van der Waals surface area contributed by atoms with Gasteiger partial charge in [-0.15, -0.1) is 0 Å². The third kappa shape index (κ3) is 10.3. The molecule has 8 nitrogen and oxygen atoms in total. The Hall–Kier alpha value is -16.8. The molecule has 0 amide bonds. The molecule has 8 heteroatoms. The van der Waals surface area contributed by atoms with E-state index in [2.05, 4.69) is 408 Å². The molecule has 6 aromatic heterocycles. The number of furan rings is 2. The van der Waals surface area contributed by atoms with Crippen molar-refractivity contribution >= 4 is 209 Å². The Labute approximate surface area is 735 Å². The highest BCUT2D eigenvalue weighted by molar-refractivity contribution is 6.29. The molecule has 0 unspecified atom stereocenters. The molecule has 2 aliphatic rings. The van der Waals surface area contributed by atoms with E-state index in [9.17, 15) is 0 Å². The Balaban J connectivity index is 0.000000134. The van der Waals surface area contributed by atoms with Crippen LogP contribution in [0.15, 0.2) is 385 Å². The van der Waals surface area contributed by atoms with Crippen LogP contribution in [0.3, 0.4) is 0 Å². The van der Waals surface area contributed by atoms with Crippen LogP contribution in [0.2, 0.25) is 0 Å². The van der Waals surface area contributed by atoms with Crippen molar-refractivity contribution in [3.05, 3.63) is 421 Å². The van der Waals surface area contributed by atoms with Gasteiger partial charge in [0.2, 0.25) is 0 Å². The van der Waals surface area contributed by atoms with Gasteiger partial charge >= 0.3 is 0 Å². The van der Waals surface area contributed by atoms with E-state index in [-0.39, 0.29) is 10.8 Å². The van der Waals surface area contributed by atoms with Gasteiger partial charge in [0.05, 0.1) is 57.6 Å². The predicted octanol–water partition coefficient (Wildman–Crippen LogP) is 34.1. The van der Waals surface area contributed by atoms with Gasteiger partial charge in [0.25, 0.3) is 0 Å². The maximum absolute atomic E-state index is 8.19. The van der Waals surface area contributed by atoms with Gasteiger partial charge in [-0.3, -0.25) is 0 Å². The number of para-hydroxylation sites is 6. The molecule has 128 heavy (non-hydrogen) atoms. The predicted molar refractivity (Wildman–Crippen MR) is 535 cm³/mol. The lowest BCUT2D eigenvalue weighted by Gasteiger charge is -2.26. The van der Waals surface area contributed by atoms with Gasteiger partial charge in [0.1, 0.15) is 11.2 Å². The average molecular weight is 1630 g/mol.